The molecular formula is C58H108O4. The fourth-order valence-corrected chi connectivity index (χ4v) is 8.72. The number of aliphatic carboxylic acids is 1. The minimum absolute atomic E-state index is 0.0819. The summed E-state index contributed by atoms with van der Waals surface area (Å²) in [6, 6.07) is 0. The minimum atomic E-state index is -0.674. The van der Waals surface area contributed by atoms with Gasteiger partial charge in [-0.3, -0.25) is 9.59 Å². The van der Waals surface area contributed by atoms with E-state index in [-0.39, 0.29) is 11.9 Å². The summed E-state index contributed by atoms with van der Waals surface area (Å²) in [5.74, 6) is -0.509. The maximum Gasteiger partial charge on any atom is 0.308 e. The summed E-state index contributed by atoms with van der Waals surface area (Å²) < 4.78 is 5.92. The van der Waals surface area contributed by atoms with Gasteiger partial charge in [0.05, 0.1) is 12.5 Å². The maximum absolute atomic E-state index is 13.3. The van der Waals surface area contributed by atoms with E-state index in [1.807, 2.05) is 0 Å². The first kappa shape index (κ1) is 60.2. The number of unbranched alkanes of at least 4 members (excludes halogenated alkanes) is 37. The van der Waals surface area contributed by atoms with Crippen LogP contribution in [-0.4, -0.2) is 23.7 Å². The first-order valence-electron chi connectivity index (χ1n) is 27.9. The van der Waals surface area contributed by atoms with E-state index in [1.54, 1.807) is 0 Å². The van der Waals surface area contributed by atoms with Gasteiger partial charge in [0.1, 0.15) is 0 Å². The van der Waals surface area contributed by atoms with E-state index >= 15 is 0 Å². The van der Waals surface area contributed by atoms with Crippen LogP contribution < -0.4 is 0 Å². The summed E-state index contributed by atoms with van der Waals surface area (Å²) in [6.45, 7) is 5.17. The van der Waals surface area contributed by atoms with Crippen LogP contribution in [0.25, 0.3) is 0 Å². The molecule has 0 bridgehead atoms. The Labute approximate surface area is 388 Å². The third-order valence-corrected chi connectivity index (χ3v) is 12.9. The molecule has 4 heteroatoms. The van der Waals surface area contributed by atoms with Gasteiger partial charge in [0.2, 0.25) is 0 Å². The van der Waals surface area contributed by atoms with E-state index < -0.39 is 5.97 Å². The van der Waals surface area contributed by atoms with Crippen molar-refractivity contribution in [2.45, 2.75) is 309 Å². The molecule has 4 nitrogen and oxygen atoms in total. The molecule has 1 atom stereocenters. The summed E-state index contributed by atoms with van der Waals surface area (Å²) in [4.78, 5) is 23.9. The van der Waals surface area contributed by atoms with Gasteiger partial charge in [0, 0.05) is 6.42 Å². The summed E-state index contributed by atoms with van der Waals surface area (Å²) in [5, 5.41) is 8.73. The number of ether oxygens (including phenoxy) is 1. The molecule has 1 unspecified atom stereocenters. The second-order valence-electron chi connectivity index (χ2n) is 19.1. The van der Waals surface area contributed by atoms with Gasteiger partial charge in [-0.25, -0.2) is 0 Å². The highest BCUT2D eigenvalue weighted by atomic mass is 16.5. The zero-order valence-electron chi connectivity index (χ0n) is 41.9. The predicted octanol–water partition coefficient (Wildman–Crippen LogP) is 19.9. The third-order valence-electron chi connectivity index (χ3n) is 12.9. The molecule has 62 heavy (non-hydrogen) atoms. The van der Waals surface area contributed by atoms with Crippen molar-refractivity contribution in [1.82, 2.24) is 0 Å². The van der Waals surface area contributed by atoms with Crippen LogP contribution in [0.5, 0.6) is 0 Å². The molecule has 0 aliphatic carbocycles. The van der Waals surface area contributed by atoms with Crippen LogP contribution in [0.4, 0.5) is 0 Å². The average molecular weight is 869 g/mol. The van der Waals surface area contributed by atoms with Crippen molar-refractivity contribution in [3.8, 4) is 0 Å². The summed E-state index contributed by atoms with van der Waals surface area (Å²) in [5.41, 5.74) is 0. The smallest absolute Gasteiger partial charge is 0.308 e. The van der Waals surface area contributed by atoms with E-state index in [0.717, 1.165) is 64.2 Å². The molecule has 0 aliphatic heterocycles. The lowest BCUT2D eigenvalue weighted by Gasteiger charge is -2.16. The number of allylic oxidation sites excluding steroid dienone is 6. The molecule has 364 valence electrons. The number of esters is 1. The number of rotatable bonds is 52. The van der Waals surface area contributed by atoms with Crippen LogP contribution >= 0.6 is 0 Å². The van der Waals surface area contributed by atoms with Crippen LogP contribution in [-0.2, 0) is 14.3 Å². The van der Waals surface area contributed by atoms with Crippen LogP contribution in [0.1, 0.15) is 309 Å². The number of hydrogen-bond donors (Lipinski definition) is 1. The van der Waals surface area contributed by atoms with E-state index in [0.29, 0.717) is 13.0 Å². The SMILES string of the molecule is CCCCCC=CCC=CCCCCCCC(CCCCCCCCC=CCCCCCCCC(=O)O)C(=O)OCCCCCCCCCCCCCCCCCCCCCC. The van der Waals surface area contributed by atoms with E-state index in [2.05, 4.69) is 50.3 Å². The van der Waals surface area contributed by atoms with E-state index in [4.69, 9.17) is 9.84 Å². The molecule has 0 spiro atoms. The first-order chi connectivity index (χ1) is 30.6. The number of carboxylic acids is 1. The Kier molecular flexibility index (Phi) is 51.9. The summed E-state index contributed by atoms with van der Waals surface area (Å²) >= 11 is 0. The highest BCUT2D eigenvalue weighted by Crippen LogP contribution is 2.22. The van der Waals surface area contributed by atoms with Crippen LogP contribution in [0.3, 0.4) is 0 Å². The van der Waals surface area contributed by atoms with Crippen molar-refractivity contribution in [1.29, 1.82) is 0 Å². The molecule has 1 N–H and O–H groups in total. The lowest BCUT2D eigenvalue weighted by atomic mass is 9.94. The van der Waals surface area contributed by atoms with Crippen molar-refractivity contribution in [3.63, 3.8) is 0 Å². The Morgan fingerprint density at radius 2 is 0.661 bits per heavy atom. The molecule has 0 aromatic rings. The third kappa shape index (κ3) is 50.8. The van der Waals surface area contributed by atoms with Crippen molar-refractivity contribution < 1.29 is 19.4 Å². The monoisotopic (exact) mass is 869 g/mol. The fraction of sp³-hybridized carbons (Fsp3) is 0.862. The average Bonchev–Trinajstić information content (AvgIpc) is 3.27. The molecular weight excluding hydrogens is 761 g/mol. The number of carbonyl (C=O) groups is 2. The number of hydrogen-bond acceptors (Lipinski definition) is 3. The van der Waals surface area contributed by atoms with Gasteiger partial charge in [0.15, 0.2) is 0 Å². The number of carboxylic acid groups (broad SMARTS) is 1. The molecule has 0 saturated heterocycles. The largest absolute Gasteiger partial charge is 0.481 e. The van der Waals surface area contributed by atoms with Crippen LogP contribution in [0.2, 0.25) is 0 Å². The molecule has 0 fully saturated rings. The van der Waals surface area contributed by atoms with Gasteiger partial charge in [-0.15, -0.1) is 0 Å². The Morgan fingerprint density at radius 1 is 0.371 bits per heavy atom. The fourth-order valence-electron chi connectivity index (χ4n) is 8.72. The normalized spacial score (nSPS) is 12.4. The molecule has 0 aliphatic rings. The zero-order chi connectivity index (χ0) is 44.9. The Balaban J connectivity index is 4.13. The molecule has 0 amide bonds. The van der Waals surface area contributed by atoms with Crippen molar-refractivity contribution >= 4 is 11.9 Å². The van der Waals surface area contributed by atoms with Crippen LogP contribution in [0.15, 0.2) is 36.5 Å². The molecule has 0 saturated carbocycles. The quantitative estimate of drug-likeness (QED) is 0.0376. The molecule has 0 heterocycles. The molecule has 0 radical (unpaired) electrons. The van der Waals surface area contributed by atoms with E-state index in [1.165, 1.54) is 225 Å². The highest BCUT2D eigenvalue weighted by molar-refractivity contribution is 5.72. The Morgan fingerprint density at radius 3 is 1.05 bits per heavy atom. The maximum atomic E-state index is 13.3. The Bertz CT molecular complexity index is 982. The lowest BCUT2D eigenvalue weighted by molar-refractivity contribution is -0.149. The van der Waals surface area contributed by atoms with Crippen molar-refractivity contribution in [2.24, 2.45) is 5.92 Å². The van der Waals surface area contributed by atoms with Gasteiger partial charge in [-0.2, -0.15) is 0 Å². The summed E-state index contributed by atoms with van der Waals surface area (Å²) in [6.07, 6.45) is 71.5. The van der Waals surface area contributed by atoms with Gasteiger partial charge in [-0.1, -0.05) is 256 Å². The second-order valence-corrected chi connectivity index (χ2v) is 19.1. The van der Waals surface area contributed by atoms with Gasteiger partial charge < -0.3 is 9.84 Å². The highest BCUT2D eigenvalue weighted by Gasteiger charge is 2.19. The lowest BCUT2D eigenvalue weighted by Crippen LogP contribution is -2.18. The predicted molar refractivity (Wildman–Crippen MR) is 273 cm³/mol. The van der Waals surface area contributed by atoms with Crippen molar-refractivity contribution in [3.05, 3.63) is 36.5 Å². The molecule has 0 rings (SSSR count). The van der Waals surface area contributed by atoms with Crippen molar-refractivity contribution in [2.75, 3.05) is 6.61 Å². The topological polar surface area (TPSA) is 63.6 Å². The van der Waals surface area contributed by atoms with Gasteiger partial charge in [-0.05, 0) is 83.5 Å². The molecule has 0 aromatic heterocycles. The van der Waals surface area contributed by atoms with E-state index in [9.17, 15) is 9.59 Å². The Hall–Kier alpha value is -1.84. The summed E-state index contributed by atoms with van der Waals surface area (Å²) in [7, 11) is 0. The first-order valence-corrected chi connectivity index (χ1v) is 27.9. The number of carbonyl (C=O) groups excluding carboxylic acids is 1. The zero-order valence-corrected chi connectivity index (χ0v) is 41.9. The standard InChI is InChI=1S/C58H108O4/c1-3-5-7-9-11-13-15-17-19-20-21-22-23-27-31-35-39-43-47-51-55-62-58(61)56(52-48-44-40-36-32-28-18-16-14-12-10-8-6-4-2)53-49-45-41-37-33-29-25-24-26-30-34-38-42-46-50-54-57(59)60/h12,14,18,24,26,28,56H,3-11,13,15-17,19-23,25,27,29-55H2,1-2H3,(H,59,60). The van der Waals surface area contributed by atoms with Crippen LogP contribution in [0, 0.1) is 5.92 Å². The second kappa shape index (κ2) is 53.5. The van der Waals surface area contributed by atoms with Gasteiger partial charge >= 0.3 is 11.9 Å². The minimum Gasteiger partial charge on any atom is -0.481 e. The molecule has 0 aromatic carbocycles. The van der Waals surface area contributed by atoms with Gasteiger partial charge in [0.25, 0.3) is 0 Å².